The summed E-state index contributed by atoms with van der Waals surface area (Å²) in [5, 5.41) is 0. The van der Waals surface area contributed by atoms with Gasteiger partial charge in [-0.1, -0.05) is 29.8 Å². The van der Waals surface area contributed by atoms with Crippen LogP contribution < -0.4 is 4.74 Å². The number of benzene rings is 1. The van der Waals surface area contributed by atoms with E-state index < -0.39 is 0 Å². The molecule has 1 aromatic rings. The van der Waals surface area contributed by atoms with Crippen molar-refractivity contribution in [2.75, 3.05) is 26.3 Å². The van der Waals surface area contributed by atoms with E-state index in [-0.39, 0.29) is 24.9 Å². The quantitative estimate of drug-likeness (QED) is 0.442. The highest BCUT2D eigenvalue weighted by atomic mass is 16.5. The number of para-hydroxylation sites is 1. The Kier molecular flexibility index (Phi) is 9.05. The van der Waals surface area contributed by atoms with Gasteiger partial charge in [-0.2, -0.15) is 0 Å². The first-order chi connectivity index (χ1) is 13.5. The van der Waals surface area contributed by atoms with Crippen LogP contribution in [0.4, 0.5) is 0 Å². The van der Waals surface area contributed by atoms with Gasteiger partial charge in [-0.15, -0.1) is 0 Å². The molecule has 0 aliphatic heterocycles. The molecule has 0 aromatic heterocycles. The maximum atomic E-state index is 12.8. The fraction of sp³-hybridized carbons (Fsp3) is 0.565. The highest BCUT2D eigenvalue weighted by molar-refractivity contribution is 5.78. The number of esters is 1. The SMILES string of the molecule is CCOC(=O)CCN(CCC1=CCCCC1)C(=O)COc1c(C)cccc1C. The molecule has 0 N–H and O–H groups in total. The molecule has 0 heterocycles. The first-order valence-electron chi connectivity index (χ1n) is 10.3. The monoisotopic (exact) mass is 387 g/mol. The Bertz CT molecular complexity index is 676. The van der Waals surface area contributed by atoms with E-state index >= 15 is 0 Å². The van der Waals surface area contributed by atoms with Gasteiger partial charge in [-0.05, 0) is 64.0 Å². The summed E-state index contributed by atoms with van der Waals surface area (Å²) in [5.41, 5.74) is 3.44. The summed E-state index contributed by atoms with van der Waals surface area (Å²) in [4.78, 5) is 26.3. The third-order valence-corrected chi connectivity index (χ3v) is 5.08. The largest absolute Gasteiger partial charge is 0.483 e. The number of hydrogen-bond acceptors (Lipinski definition) is 4. The highest BCUT2D eigenvalue weighted by Crippen LogP contribution is 2.23. The zero-order chi connectivity index (χ0) is 20.4. The lowest BCUT2D eigenvalue weighted by Gasteiger charge is -2.24. The van der Waals surface area contributed by atoms with Crippen LogP contribution in [0.2, 0.25) is 0 Å². The van der Waals surface area contributed by atoms with Crippen LogP contribution in [0.15, 0.2) is 29.8 Å². The van der Waals surface area contributed by atoms with Crippen molar-refractivity contribution in [2.24, 2.45) is 0 Å². The Balaban J connectivity index is 1.96. The van der Waals surface area contributed by atoms with Crippen molar-refractivity contribution in [1.29, 1.82) is 0 Å². The second kappa shape index (κ2) is 11.5. The van der Waals surface area contributed by atoms with Gasteiger partial charge in [0.15, 0.2) is 6.61 Å². The molecule has 1 amide bonds. The predicted octanol–water partition coefficient (Wildman–Crippen LogP) is 4.35. The van der Waals surface area contributed by atoms with Gasteiger partial charge in [0.2, 0.25) is 0 Å². The maximum absolute atomic E-state index is 12.8. The van der Waals surface area contributed by atoms with E-state index in [0.29, 0.717) is 19.7 Å². The van der Waals surface area contributed by atoms with E-state index in [1.807, 2.05) is 32.0 Å². The van der Waals surface area contributed by atoms with Gasteiger partial charge >= 0.3 is 5.97 Å². The van der Waals surface area contributed by atoms with Gasteiger partial charge in [-0.3, -0.25) is 9.59 Å². The molecule has 1 aliphatic rings. The molecule has 2 rings (SSSR count). The number of carbonyl (C=O) groups excluding carboxylic acids is 2. The van der Waals surface area contributed by atoms with Crippen LogP contribution in [0.25, 0.3) is 0 Å². The Labute approximate surface area is 168 Å². The van der Waals surface area contributed by atoms with Gasteiger partial charge in [0.25, 0.3) is 5.91 Å². The van der Waals surface area contributed by atoms with E-state index in [4.69, 9.17) is 9.47 Å². The van der Waals surface area contributed by atoms with Crippen molar-refractivity contribution in [1.82, 2.24) is 4.90 Å². The van der Waals surface area contributed by atoms with Gasteiger partial charge in [0, 0.05) is 13.1 Å². The Morgan fingerprint density at radius 3 is 2.50 bits per heavy atom. The summed E-state index contributed by atoms with van der Waals surface area (Å²) in [6.07, 6.45) is 8.07. The number of nitrogens with zero attached hydrogens (tertiary/aromatic N) is 1. The number of aryl methyl sites for hydroxylation is 2. The van der Waals surface area contributed by atoms with Gasteiger partial charge in [0.1, 0.15) is 5.75 Å². The number of carbonyl (C=O) groups is 2. The van der Waals surface area contributed by atoms with Crippen molar-refractivity contribution >= 4 is 11.9 Å². The van der Waals surface area contributed by atoms with Crippen molar-refractivity contribution in [3.63, 3.8) is 0 Å². The second-order valence-electron chi connectivity index (χ2n) is 7.30. The first-order valence-corrected chi connectivity index (χ1v) is 10.3. The third kappa shape index (κ3) is 7.02. The minimum atomic E-state index is -0.271. The minimum absolute atomic E-state index is 0.0203. The van der Waals surface area contributed by atoms with E-state index in [1.165, 1.54) is 18.4 Å². The minimum Gasteiger partial charge on any atom is -0.483 e. The topological polar surface area (TPSA) is 55.8 Å². The van der Waals surface area contributed by atoms with E-state index in [2.05, 4.69) is 6.08 Å². The number of amides is 1. The standard InChI is InChI=1S/C23H33NO4/c1-4-27-22(26)14-16-24(15-13-20-11-6-5-7-12-20)21(25)17-28-23-18(2)9-8-10-19(23)3/h8-11H,4-7,12-17H2,1-3H3. The molecule has 5 nitrogen and oxygen atoms in total. The molecule has 0 fully saturated rings. The lowest BCUT2D eigenvalue weighted by atomic mass is 9.97. The molecule has 28 heavy (non-hydrogen) atoms. The fourth-order valence-corrected chi connectivity index (χ4v) is 3.48. The molecule has 1 aromatic carbocycles. The summed E-state index contributed by atoms with van der Waals surface area (Å²) < 4.78 is 10.8. The zero-order valence-corrected chi connectivity index (χ0v) is 17.5. The van der Waals surface area contributed by atoms with Crippen LogP contribution in [0.3, 0.4) is 0 Å². The van der Waals surface area contributed by atoms with Crippen LogP contribution >= 0.6 is 0 Å². The number of allylic oxidation sites excluding steroid dienone is 1. The number of hydrogen-bond donors (Lipinski definition) is 0. The van der Waals surface area contributed by atoms with E-state index in [1.54, 1.807) is 11.8 Å². The molecule has 5 heteroatoms. The van der Waals surface area contributed by atoms with Gasteiger partial charge in [-0.25, -0.2) is 0 Å². The molecule has 0 atom stereocenters. The van der Waals surface area contributed by atoms with Crippen LogP contribution in [0, 0.1) is 13.8 Å². The molecular weight excluding hydrogens is 354 g/mol. The molecule has 0 saturated carbocycles. The van der Waals surface area contributed by atoms with Crippen molar-refractivity contribution in [3.8, 4) is 5.75 Å². The molecular formula is C23H33NO4. The van der Waals surface area contributed by atoms with Crippen molar-refractivity contribution < 1.29 is 19.1 Å². The normalized spacial score (nSPS) is 13.6. The predicted molar refractivity (Wildman–Crippen MR) is 110 cm³/mol. The Morgan fingerprint density at radius 2 is 1.86 bits per heavy atom. The first kappa shape index (κ1) is 22.0. The van der Waals surface area contributed by atoms with Gasteiger partial charge in [0.05, 0.1) is 13.0 Å². The lowest BCUT2D eigenvalue weighted by Crippen LogP contribution is -2.37. The van der Waals surface area contributed by atoms with Crippen molar-refractivity contribution in [2.45, 2.75) is 59.3 Å². The third-order valence-electron chi connectivity index (χ3n) is 5.08. The average Bonchev–Trinajstić information content (AvgIpc) is 2.68. The Morgan fingerprint density at radius 1 is 1.11 bits per heavy atom. The Hall–Kier alpha value is -2.30. The summed E-state index contributed by atoms with van der Waals surface area (Å²) in [5.74, 6) is 0.396. The van der Waals surface area contributed by atoms with Crippen LogP contribution in [0.1, 0.15) is 56.6 Å². The molecule has 154 valence electrons. The summed E-state index contributed by atoms with van der Waals surface area (Å²) in [6, 6.07) is 5.92. The summed E-state index contributed by atoms with van der Waals surface area (Å²) in [6.45, 7) is 7.04. The molecule has 0 unspecified atom stereocenters. The number of ether oxygens (including phenoxy) is 2. The smallest absolute Gasteiger partial charge is 0.307 e. The van der Waals surface area contributed by atoms with E-state index in [9.17, 15) is 9.59 Å². The average molecular weight is 388 g/mol. The molecule has 1 aliphatic carbocycles. The number of rotatable bonds is 10. The molecule has 0 radical (unpaired) electrons. The van der Waals surface area contributed by atoms with E-state index in [0.717, 1.165) is 36.1 Å². The van der Waals surface area contributed by atoms with Crippen LogP contribution in [-0.2, 0) is 14.3 Å². The second-order valence-corrected chi connectivity index (χ2v) is 7.30. The lowest BCUT2D eigenvalue weighted by molar-refractivity contribution is -0.144. The molecule has 0 spiro atoms. The van der Waals surface area contributed by atoms with Crippen molar-refractivity contribution in [3.05, 3.63) is 41.0 Å². The summed E-state index contributed by atoms with van der Waals surface area (Å²) in [7, 11) is 0. The summed E-state index contributed by atoms with van der Waals surface area (Å²) >= 11 is 0. The highest BCUT2D eigenvalue weighted by Gasteiger charge is 2.18. The van der Waals surface area contributed by atoms with Crippen LogP contribution in [-0.4, -0.2) is 43.1 Å². The zero-order valence-electron chi connectivity index (χ0n) is 17.5. The molecule has 0 bridgehead atoms. The van der Waals surface area contributed by atoms with Gasteiger partial charge < -0.3 is 14.4 Å². The van der Waals surface area contributed by atoms with Crippen LogP contribution in [0.5, 0.6) is 5.75 Å². The maximum Gasteiger partial charge on any atom is 0.307 e. The fourth-order valence-electron chi connectivity index (χ4n) is 3.48. The molecule has 0 saturated heterocycles.